The number of aromatic nitrogens is 5. The van der Waals surface area contributed by atoms with Crippen LogP contribution in [0.1, 0.15) is 24.0 Å². The lowest BCUT2D eigenvalue weighted by molar-refractivity contribution is -0.123. The van der Waals surface area contributed by atoms with Crippen LogP contribution in [0, 0.1) is 30.3 Å². The highest BCUT2D eigenvalue weighted by molar-refractivity contribution is 6.76. The number of nitrogens with zero attached hydrogens (tertiary/aromatic N) is 6. The van der Waals surface area contributed by atoms with Gasteiger partial charge in [-0.1, -0.05) is 19.6 Å². The maximum atomic E-state index is 13.8. The van der Waals surface area contributed by atoms with E-state index in [1.807, 2.05) is 6.92 Å². The zero-order valence-corrected chi connectivity index (χ0v) is 22.5. The molecule has 1 aromatic carbocycles. The molecule has 1 aliphatic heterocycles. The Labute approximate surface area is 214 Å². The highest BCUT2D eigenvalue weighted by Crippen LogP contribution is 2.29. The number of rotatable bonds is 9. The van der Waals surface area contributed by atoms with Crippen molar-refractivity contribution in [2.45, 2.75) is 58.6 Å². The average Bonchev–Trinajstić information content (AvgIpc) is 3.25. The van der Waals surface area contributed by atoms with Crippen molar-refractivity contribution < 1.29 is 22.7 Å². The predicted molar refractivity (Wildman–Crippen MR) is 135 cm³/mol. The second-order valence-corrected chi connectivity index (χ2v) is 16.2. The molecule has 8 nitrogen and oxygen atoms in total. The van der Waals surface area contributed by atoms with Gasteiger partial charge in [0, 0.05) is 32.7 Å². The van der Waals surface area contributed by atoms with E-state index in [1.165, 1.54) is 0 Å². The van der Waals surface area contributed by atoms with Crippen molar-refractivity contribution in [3.63, 3.8) is 0 Å². The summed E-state index contributed by atoms with van der Waals surface area (Å²) in [6.45, 7) is 9.77. The Balaban J connectivity index is 1.60. The number of amides is 1. The first-order valence-electron chi connectivity index (χ1n) is 12.3. The molecule has 12 heteroatoms. The van der Waals surface area contributed by atoms with Gasteiger partial charge in [-0.15, -0.1) is 5.10 Å². The van der Waals surface area contributed by atoms with E-state index in [9.17, 15) is 18.0 Å². The van der Waals surface area contributed by atoms with Crippen LogP contribution < -0.4 is 4.90 Å². The van der Waals surface area contributed by atoms with E-state index in [0.29, 0.717) is 43.3 Å². The Hall–Kier alpha value is -3.12. The van der Waals surface area contributed by atoms with Crippen LogP contribution in [0.25, 0.3) is 11.4 Å². The van der Waals surface area contributed by atoms with Crippen LogP contribution in [0.15, 0.2) is 24.5 Å². The number of piperidine rings is 1. The van der Waals surface area contributed by atoms with Gasteiger partial charge in [-0.3, -0.25) is 9.69 Å². The number of benzene rings is 1. The van der Waals surface area contributed by atoms with Crippen molar-refractivity contribution in [1.29, 1.82) is 0 Å². The third-order valence-corrected chi connectivity index (χ3v) is 8.05. The minimum Gasteiger partial charge on any atom is -0.359 e. The molecule has 1 atom stereocenters. The molecule has 0 radical (unpaired) electrons. The first kappa shape index (κ1) is 26.9. The van der Waals surface area contributed by atoms with E-state index in [2.05, 4.69) is 39.9 Å². The van der Waals surface area contributed by atoms with Gasteiger partial charge in [0.05, 0.1) is 12.4 Å². The fraction of sp³-hybridized carbons (Fsp3) is 0.480. The second kappa shape index (κ2) is 11.1. The van der Waals surface area contributed by atoms with Crippen LogP contribution >= 0.6 is 0 Å². The van der Waals surface area contributed by atoms with Gasteiger partial charge in [-0.2, -0.15) is 15.2 Å². The maximum absolute atomic E-state index is 13.8. The van der Waals surface area contributed by atoms with E-state index in [-0.39, 0.29) is 24.6 Å². The molecule has 0 bridgehead atoms. The molecule has 1 saturated heterocycles. The summed E-state index contributed by atoms with van der Waals surface area (Å²) in [5.41, 5.74) is 1.75. The third-order valence-electron chi connectivity index (χ3n) is 6.35. The largest absolute Gasteiger partial charge is 0.359 e. The Bertz CT molecular complexity index is 1260. The molecule has 0 N–H and O–H groups in total. The lowest BCUT2D eigenvalue weighted by atomic mass is 9.90. The monoisotopic (exact) mass is 532 g/mol. The van der Waals surface area contributed by atoms with Crippen molar-refractivity contribution in [3.05, 3.63) is 53.1 Å². The molecule has 0 aliphatic carbocycles. The standard InChI is InChI=1S/C25H31F3N6O2Si/c1-16-13-29-30-14-19(16)23-31-25(34(32-23)15-36-8-9-37(2,3)4)33-7-5-6-18(24(33)35)10-17-11-20(26)22(28)21(27)12-17/h11-14,18H,5-10,15H2,1-4H3. The van der Waals surface area contributed by atoms with Gasteiger partial charge in [0.15, 0.2) is 23.3 Å². The second-order valence-electron chi connectivity index (χ2n) is 10.6. The molecule has 37 heavy (non-hydrogen) atoms. The first-order valence-corrected chi connectivity index (χ1v) is 16.0. The van der Waals surface area contributed by atoms with Crippen molar-refractivity contribution in [2.75, 3.05) is 18.1 Å². The van der Waals surface area contributed by atoms with E-state index >= 15 is 0 Å². The molecular formula is C25H31F3N6O2Si. The normalized spacial score (nSPS) is 16.5. The lowest BCUT2D eigenvalue weighted by Gasteiger charge is -2.31. The highest BCUT2D eigenvalue weighted by Gasteiger charge is 2.33. The summed E-state index contributed by atoms with van der Waals surface area (Å²) in [4.78, 5) is 19.7. The molecule has 3 heterocycles. The number of carbonyl (C=O) groups is 1. The quantitative estimate of drug-likeness (QED) is 0.224. The summed E-state index contributed by atoms with van der Waals surface area (Å²) in [7, 11) is -1.29. The summed E-state index contributed by atoms with van der Waals surface area (Å²) in [5.74, 6) is -4.09. The molecule has 2 aromatic heterocycles. The number of hydrogen-bond donors (Lipinski definition) is 0. The van der Waals surface area contributed by atoms with Gasteiger partial charge < -0.3 is 4.74 Å². The molecule has 0 saturated carbocycles. The fourth-order valence-electron chi connectivity index (χ4n) is 4.23. The van der Waals surface area contributed by atoms with E-state index in [1.54, 1.807) is 22.0 Å². The minimum atomic E-state index is -1.52. The molecular weight excluding hydrogens is 501 g/mol. The van der Waals surface area contributed by atoms with Gasteiger partial charge in [-0.25, -0.2) is 17.9 Å². The molecule has 0 spiro atoms. The van der Waals surface area contributed by atoms with Gasteiger partial charge in [0.2, 0.25) is 11.9 Å². The van der Waals surface area contributed by atoms with Crippen molar-refractivity contribution in [1.82, 2.24) is 25.0 Å². The number of carbonyl (C=O) groups excluding carboxylic acids is 1. The van der Waals surface area contributed by atoms with Gasteiger partial charge in [0.1, 0.15) is 6.73 Å². The van der Waals surface area contributed by atoms with E-state index in [0.717, 1.165) is 23.7 Å². The number of aryl methyl sites for hydroxylation is 1. The molecule has 198 valence electrons. The van der Waals surface area contributed by atoms with Crippen LogP contribution in [0.2, 0.25) is 25.7 Å². The highest BCUT2D eigenvalue weighted by atomic mass is 28.3. The molecule has 3 aromatic rings. The molecule has 1 unspecified atom stereocenters. The van der Waals surface area contributed by atoms with Gasteiger partial charge in [0.25, 0.3) is 0 Å². The third kappa shape index (κ3) is 6.42. The summed E-state index contributed by atoms with van der Waals surface area (Å²) in [6, 6.07) is 2.86. The molecule has 1 aliphatic rings. The fourth-order valence-corrected chi connectivity index (χ4v) is 4.98. The lowest BCUT2D eigenvalue weighted by Crippen LogP contribution is -2.43. The topological polar surface area (TPSA) is 86.0 Å². The van der Waals surface area contributed by atoms with Crippen LogP contribution in [-0.2, 0) is 22.7 Å². The zero-order chi connectivity index (χ0) is 26.7. The number of ether oxygens (including phenoxy) is 1. The number of anilines is 1. The predicted octanol–water partition coefficient (Wildman–Crippen LogP) is 4.76. The number of halogens is 3. The average molecular weight is 533 g/mol. The summed E-state index contributed by atoms with van der Waals surface area (Å²) in [5, 5.41) is 12.4. The molecule has 1 amide bonds. The Morgan fingerprint density at radius 1 is 1.11 bits per heavy atom. The maximum Gasteiger partial charge on any atom is 0.233 e. The summed E-state index contributed by atoms with van der Waals surface area (Å²) in [6.07, 6.45) is 4.48. The van der Waals surface area contributed by atoms with Crippen LogP contribution in [0.4, 0.5) is 19.1 Å². The summed E-state index contributed by atoms with van der Waals surface area (Å²) < 4.78 is 48.4. The van der Waals surface area contributed by atoms with E-state index < -0.39 is 31.4 Å². The smallest absolute Gasteiger partial charge is 0.233 e. The Morgan fingerprint density at radius 2 is 1.81 bits per heavy atom. The van der Waals surface area contributed by atoms with Gasteiger partial charge in [-0.05, 0) is 55.5 Å². The van der Waals surface area contributed by atoms with E-state index in [4.69, 9.17) is 4.74 Å². The summed E-state index contributed by atoms with van der Waals surface area (Å²) >= 11 is 0. The Morgan fingerprint density at radius 3 is 2.49 bits per heavy atom. The van der Waals surface area contributed by atoms with Crippen molar-refractivity contribution in [2.24, 2.45) is 5.92 Å². The van der Waals surface area contributed by atoms with Crippen molar-refractivity contribution >= 4 is 19.9 Å². The van der Waals surface area contributed by atoms with Gasteiger partial charge >= 0.3 is 0 Å². The zero-order valence-electron chi connectivity index (χ0n) is 21.5. The Kier molecular flexibility index (Phi) is 8.07. The molecule has 4 rings (SSSR count). The SMILES string of the molecule is Cc1cnncc1-c1nc(N2CCCC(Cc3cc(F)c(F)c(F)c3)C2=O)n(COCC[Si](C)(C)C)n1. The number of hydrogen-bond acceptors (Lipinski definition) is 6. The molecule has 1 fully saturated rings. The van der Waals surface area contributed by atoms with Crippen LogP contribution in [0.3, 0.4) is 0 Å². The van der Waals surface area contributed by atoms with Crippen molar-refractivity contribution in [3.8, 4) is 11.4 Å². The first-order chi connectivity index (χ1) is 17.5. The minimum absolute atomic E-state index is 0.0878. The van der Waals surface area contributed by atoms with Crippen LogP contribution in [0.5, 0.6) is 0 Å². The van der Waals surface area contributed by atoms with Crippen LogP contribution in [-0.4, -0.2) is 52.1 Å².